The quantitative estimate of drug-likeness (QED) is 0.461. The maximum Gasteiger partial charge on any atom is 0.293 e. The van der Waals surface area contributed by atoms with Gasteiger partial charge in [-0.3, -0.25) is 10.1 Å². The van der Waals surface area contributed by atoms with Crippen molar-refractivity contribution in [2.24, 2.45) is 0 Å². The van der Waals surface area contributed by atoms with Gasteiger partial charge in [0.05, 0.1) is 35.7 Å². The van der Waals surface area contributed by atoms with E-state index in [4.69, 9.17) is 9.47 Å². The van der Waals surface area contributed by atoms with Crippen molar-refractivity contribution < 1.29 is 22.8 Å². The Balaban J connectivity index is 1.44. The topological polar surface area (TPSA) is 102 Å². The molecule has 0 atom stereocenters. The summed E-state index contributed by atoms with van der Waals surface area (Å²) < 4.78 is 38.3. The number of anilines is 1. The van der Waals surface area contributed by atoms with Crippen LogP contribution in [0.1, 0.15) is 18.4 Å². The van der Waals surface area contributed by atoms with Gasteiger partial charge in [-0.15, -0.1) is 0 Å². The Labute approximate surface area is 187 Å². The molecule has 2 aromatic rings. The number of hydrogen-bond acceptors (Lipinski definition) is 7. The monoisotopic (exact) mass is 461 g/mol. The molecular formula is C22H27N3O6S. The number of nitrogens with zero attached hydrogens (tertiary/aromatic N) is 3. The Hall–Kier alpha value is -2.53. The van der Waals surface area contributed by atoms with Crippen LogP contribution in [0.4, 0.5) is 11.4 Å². The van der Waals surface area contributed by atoms with Crippen LogP contribution in [0.3, 0.4) is 0 Å². The van der Waals surface area contributed by atoms with Crippen LogP contribution in [0, 0.1) is 10.1 Å². The summed E-state index contributed by atoms with van der Waals surface area (Å²) in [4.78, 5) is 13.1. The van der Waals surface area contributed by atoms with Crippen molar-refractivity contribution in [2.75, 3.05) is 44.3 Å². The highest BCUT2D eigenvalue weighted by Gasteiger charge is 2.31. The molecule has 0 N–H and O–H groups in total. The highest BCUT2D eigenvalue weighted by Crippen LogP contribution is 2.34. The number of benzene rings is 2. The first-order valence-electron chi connectivity index (χ1n) is 10.7. The fourth-order valence-electron chi connectivity index (χ4n) is 4.07. The smallest absolute Gasteiger partial charge is 0.293 e. The van der Waals surface area contributed by atoms with E-state index in [1.54, 1.807) is 6.07 Å². The largest absolute Gasteiger partial charge is 0.379 e. The van der Waals surface area contributed by atoms with Gasteiger partial charge in [0.2, 0.25) is 10.0 Å². The van der Waals surface area contributed by atoms with Gasteiger partial charge in [0.15, 0.2) is 0 Å². The van der Waals surface area contributed by atoms with E-state index in [0.717, 1.165) is 18.4 Å². The van der Waals surface area contributed by atoms with Crippen molar-refractivity contribution >= 4 is 21.4 Å². The fraction of sp³-hybridized carbons (Fsp3) is 0.455. The van der Waals surface area contributed by atoms with Gasteiger partial charge in [-0.25, -0.2) is 8.42 Å². The third kappa shape index (κ3) is 5.09. The average Bonchev–Trinajstić information content (AvgIpc) is 2.84. The van der Waals surface area contributed by atoms with Crippen molar-refractivity contribution in [1.29, 1.82) is 0 Å². The standard InChI is InChI=1S/C22H27N3O6S/c26-25(27)22-16-20(32(28,29)24-12-14-30-15-13-24)6-7-21(22)23-10-8-19(9-11-23)31-17-18-4-2-1-3-5-18/h1-7,16,19H,8-15,17H2. The second-order valence-corrected chi connectivity index (χ2v) is 9.85. The third-order valence-corrected chi connectivity index (χ3v) is 7.76. The van der Waals surface area contributed by atoms with Gasteiger partial charge >= 0.3 is 0 Å². The second kappa shape index (κ2) is 9.95. The van der Waals surface area contributed by atoms with E-state index in [1.165, 1.54) is 16.4 Å². The Morgan fingerprint density at radius 1 is 1.03 bits per heavy atom. The first-order chi connectivity index (χ1) is 15.4. The molecule has 0 amide bonds. The maximum atomic E-state index is 12.9. The van der Waals surface area contributed by atoms with Crippen LogP contribution in [0.2, 0.25) is 0 Å². The van der Waals surface area contributed by atoms with Crippen LogP contribution >= 0.6 is 0 Å². The molecule has 2 heterocycles. The zero-order valence-electron chi connectivity index (χ0n) is 17.8. The van der Waals surface area contributed by atoms with E-state index in [-0.39, 0.29) is 29.8 Å². The van der Waals surface area contributed by atoms with Crippen LogP contribution in [-0.2, 0) is 26.1 Å². The number of hydrogen-bond donors (Lipinski definition) is 0. The lowest BCUT2D eigenvalue weighted by Gasteiger charge is -2.33. The molecular weight excluding hydrogens is 434 g/mol. The summed E-state index contributed by atoms with van der Waals surface area (Å²) in [6.07, 6.45) is 1.59. The lowest BCUT2D eigenvalue weighted by atomic mass is 10.1. The molecule has 4 rings (SSSR count). The SMILES string of the molecule is O=[N+]([O-])c1cc(S(=O)(=O)N2CCOCC2)ccc1N1CCC(OCc2ccccc2)CC1. The summed E-state index contributed by atoms with van der Waals surface area (Å²) in [5.74, 6) is 0. The van der Waals surface area contributed by atoms with Crippen molar-refractivity contribution in [2.45, 2.75) is 30.4 Å². The number of piperidine rings is 1. The van der Waals surface area contributed by atoms with Gasteiger partial charge in [-0.1, -0.05) is 30.3 Å². The molecule has 10 heteroatoms. The van der Waals surface area contributed by atoms with Crippen LogP contribution in [0.25, 0.3) is 0 Å². The minimum Gasteiger partial charge on any atom is -0.379 e. The summed E-state index contributed by atoms with van der Waals surface area (Å²) in [7, 11) is -3.80. The number of ether oxygens (including phenoxy) is 2. The average molecular weight is 462 g/mol. The van der Waals surface area contributed by atoms with Crippen molar-refractivity contribution in [3.05, 3.63) is 64.2 Å². The summed E-state index contributed by atoms with van der Waals surface area (Å²) in [6.45, 7) is 2.88. The molecule has 0 saturated carbocycles. The molecule has 2 aliphatic rings. The Morgan fingerprint density at radius 2 is 1.72 bits per heavy atom. The highest BCUT2D eigenvalue weighted by molar-refractivity contribution is 7.89. The Bertz CT molecular complexity index is 1030. The molecule has 2 aliphatic heterocycles. The lowest BCUT2D eigenvalue weighted by molar-refractivity contribution is -0.384. The summed E-state index contributed by atoms with van der Waals surface area (Å²) in [6, 6.07) is 14.1. The molecule has 9 nitrogen and oxygen atoms in total. The predicted octanol–water partition coefficient (Wildman–Crippen LogP) is 2.80. The molecule has 0 spiro atoms. The molecule has 2 fully saturated rings. The minimum atomic E-state index is -3.80. The first-order valence-corrected chi connectivity index (χ1v) is 12.2. The van der Waals surface area contributed by atoms with Gasteiger partial charge < -0.3 is 14.4 Å². The summed E-state index contributed by atoms with van der Waals surface area (Å²) >= 11 is 0. The second-order valence-electron chi connectivity index (χ2n) is 7.91. The van der Waals surface area contributed by atoms with Gasteiger partial charge in [-0.05, 0) is 30.5 Å². The van der Waals surface area contributed by atoms with E-state index in [9.17, 15) is 18.5 Å². The number of sulfonamides is 1. The lowest BCUT2D eigenvalue weighted by Crippen LogP contribution is -2.40. The molecule has 172 valence electrons. The van der Waals surface area contributed by atoms with E-state index >= 15 is 0 Å². The van der Waals surface area contributed by atoms with Gasteiger partial charge in [0.1, 0.15) is 5.69 Å². The van der Waals surface area contributed by atoms with Crippen LogP contribution in [-0.4, -0.2) is 63.1 Å². The highest BCUT2D eigenvalue weighted by atomic mass is 32.2. The molecule has 0 bridgehead atoms. The van der Waals surface area contributed by atoms with Crippen LogP contribution < -0.4 is 4.90 Å². The van der Waals surface area contributed by atoms with Crippen LogP contribution in [0.15, 0.2) is 53.4 Å². The number of morpholine rings is 1. The van der Waals surface area contributed by atoms with Crippen LogP contribution in [0.5, 0.6) is 0 Å². The zero-order valence-corrected chi connectivity index (χ0v) is 18.6. The van der Waals surface area contributed by atoms with E-state index in [1.807, 2.05) is 35.2 Å². The minimum absolute atomic E-state index is 0.0593. The van der Waals surface area contributed by atoms with Crippen molar-refractivity contribution in [3.8, 4) is 0 Å². The third-order valence-electron chi connectivity index (χ3n) is 5.86. The number of rotatable bonds is 7. The fourth-order valence-corrected chi connectivity index (χ4v) is 5.49. The first kappa shape index (κ1) is 22.7. The number of nitro benzene ring substituents is 1. The van der Waals surface area contributed by atoms with Gasteiger partial charge in [0, 0.05) is 32.2 Å². The van der Waals surface area contributed by atoms with E-state index in [2.05, 4.69) is 0 Å². The predicted molar refractivity (Wildman–Crippen MR) is 119 cm³/mol. The maximum absolute atomic E-state index is 12.9. The molecule has 2 aromatic carbocycles. The summed E-state index contributed by atoms with van der Waals surface area (Å²) in [5, 5.41) is 11.8. The molecule has 32 heavy (non-hydrogen) atoms. The van der Waals surface area contributed by atoms with Gasteiger partial charge in [-0.2, -0.15) is 4.31 Å². The molecule has 0 aromatic heterocycles. The Morgan fingerprint density at radius 3 is 2.38 bits per heavy atom. The van der Waals surface area contributed by atoms with Crippen molar-refractivity contribution in [1.82, 2.24) is 4.31 Å². The normalized spacial score (nSPS) is 18.6. The van der Waals surface area contributed by atoms with E-state index < -0.39 is 14.9 Å². The molecule has 0 radical (unpaired) electrons. The molecule has 2 saturated heterocycles. The Kier molecular flexibility index (Phi) is 7.04. The van der Waals surface area contributed by atoms with E-state index in [0.29, 0.717) is 38.6 Å². The molecule has 0 unspecified atom stereocenters. The summed E-state index contributed by atoms with van der Waals surface area (Å²) in [5.41, 5.74) is 1.36. The molecule has 0 aliphatic carbocycles. The number of nitro groups is 1. The zero-order chi connectivity index (χ0) is 22.6. The van der Waals surface area contributed by atoms with Gasteiger partial charge in [0.25, 0.3) is 5.69 Å². The van der Waals surface area contributed by atoms with Crippen molar-refractivity contribution in [3.63, 3.8) is 0 Å².